The summed E-state index contributed by atoms with van der Waals surface area (Å²) in [7, 11) is 0. The molecule has 0 unspecified atom stereocenters. The number of rotatable bonds is 5. The van der Waals surface area contributed by atoms with Gasteiger partial charge in [-0.3, -0.25) is 0 Å². The first-order valence-electron chi connectivity index (χ1n) is 7.37. The average Bonchev–Trinajstić information content (AvgIpc) is 3.25. The van der Waals surface area contributed by atoms with Crippen molar-refractivity contribution in [3.05, 3.63) is 22.8 Å². The first-order chi connectivity index (χ1) is 9.31. The van der Waals surface area contributed by atoms with E-state index in [9.17, 15) is 0 Å². The number of pyridine rings is 1. The average molecular weight is 281 g/mol. The summed E-state index contributed by atoms with van der Waals surface area (Å²) in [5.74, 6) is 0.726. The Balaban J connectivity index is 1.61. The van der Waals surface area contributed by atoms with Crippen LogP contribution in [0.25, 0.3) is 0 Å². The maximum atomic E-state index is 6.18. The minimum absolute atomic E-state index is 0.340. The monoisotopic (exact) mass is 280 g/mol. The zero-order chi connectivity index (χ0) is 13.1. The highest BCUT2D eigenvalue weighted by molar-refractivity contribution is 6.31. The van der Waals surface area contributed by atoms with Gasteiger partial charge in [0.25, 0.3) is 0 Å². The van der Waals surface area contributed by atoms with E-state index in [2.05, 4.69) is 10.3 Å². The number of nitrogens with zero attached hydrogens (tertiary/aromatic N) is 1. The molecule has 0 aromatic carbocycles. The van der Waals surface area contributed by atoms with Gasteiger partial charge in [0.1, 0.15) is 6.10 Å². The number of halogens is 1. The Kier molecular flexibility index (Phi) is 4.24. The number of nitrogens with one attached hydrogen (secondary N) is 1. The van der Waals surface area contributed by atoms with Gasteiger partial charge < -0.3 is 10.1 Å². The largest absolute Gasteiger partial charge is 0.474 e. The molecule has 0 amide bonds. The topological polar surface area (TPSA) is 34.1 Å². The van der Waals surface area contributed by atoms with Crippen LogP contribution in [0.3, 0.4) is 0 Å². The lowest BCUT2D eigenvalue weighted by atomic mass is 9.98. The standard InChI is InChI=1S/C15H21ClN2O/c16-13-8-9-15(19-12-4-2-1-3-5-12)18-14(13)10-17-11-6-7-11/h8-9,11-12,17H,1-7,10H2. The molecule has 3 nitrogen and oxygen atoms in total. The summed E-state index contributed by atoms with van der Waals surface area (Å²) in [6, 6.07) is 4.45. The van der Waals surface area contributed by atoms with Crippen LogP contribution in [0.1, 0.15) is 50.6 Å². The molecule has 2 aliphatic rings. The second-order valence-electron chi connectivity index (χ2n) is 5.61. The molecule has 0 atom stereocenters. The Morgan fingerprint density at radius 3 is 2.68 bits per heavy atom. The van der Waals surface area contributed by atoms with E-state index in [0.29, 0.717) is 12.1 Å². The van der Waals surface area contributed by atoms with Gasteiger partial charge in [0.2, 0.25) is 5.88 Å². The molecule has 0 spiro atoms. The molecule has 1 aromatic heterocycles. The Hall–Kier alpha value is -0.800. The van der Waals surface area contributed by atoms with E-state index < -0.39 is 0 Å². The molecule has 0 saturated heterocycles. The highest BCUT2D eigenvalue weighted by atomic mass is 35.5. The van der Waals surface area contributed by atoms with Crippen LogP contribution in [0, 0.1) is 0 Å². The molecule has 19 heavy (non-hydrogen) atoms. The lowest BCUT2D eigenvalue weighted by molar-refractivity contribution is 0.148. The van der Waals surface area contributed by atoms with Gasteiger partial charge in [-0.1, -0.05) is 18.0 Å². The predicted molar refractivity (Wildman–Crippen MR) is 76.6 cm³/mol. The van der Waals surface area contributed by atoms with Gasteiger partial charge >= 0.3 is 0 Å². The van der Waals surface area contributed by atoms with Crippen LogP contribution >= 0.6 is 11.6 Å². The van der Waals surface area contributed by atoms with E-state index in [1.54, 1.807) is 0 Å². The summed E-state index contributed by atoms with van der Waals surface area (Å²) in [6.07, 6.45) is 9.07. The molecule has 1 N–H and O–H groups in total. The zero-order valence-corrected chi connectivity index (χ0v) is 12.0. The molecule has 2 fully saturated rings. The Morgan fingerprint density at radius 1 is 1.16 bits per heavy atom. The van der Waals surface area contributed by atoms with Crippen LogP contribution in [0.4, 0.5) is 0 Å². The van der Waals surface area contributed by atoms with Crippen molar-refractivity contribution in [3.8, 4) is 5.88 Å². The van der Waals surface area contributed by atoms with Crippen molar-refractivity contribution in [3.63, 3.8) is 0 Å². The highest BCUT2D eigenvalue weighted by Gasteiger charge is 2.21. The summed E-state index contributed by atoms with van der Waals surface area (Å²) in [5, 5.41) is 4.17. The molecule has 1 aromatic rings. The molecule has 104 valence electrons. The predicted octanol–water partition coefficient (Wildman–Crippen LogP) is 3.70. The van der Waals surface area contributed by atoms with Gasteiger partial charge in [0.15, 0.2) is 0 Å². The summed E-state index contributed by atoms with van der Waals surface area (Å²) in [4.78, 5) is 4.55. The van der Waals surface area contributed by atoms with Crippen LogP contribution in [-0.2, 0) is 6.54 Å². The Labute approximate surface area is 119 Å². The molecule has 0 radical (unpaired) electrons. The second kappa shape index (κ2) is 6.10. The quantitative estimate of drug-likeness (QED) is 0.893. The molecule has 4 heteroatoms. The summed E-state index contributed by atoms with van der Waals surface area (Å²) in [5.41, 5.74) is 0.905. The third-order valence-electron chi connectivity index (χ3n) is 3.87. The minimum atomic E-state index is 0.340. The van der Waals surface area contributed by atoms with Gasteiger partial charge in [-0.2, -0.15) is 0 Å². The van der Waals surface area contributed by atoms with E-state index in [1.807, 2.05) is 12.1 Å². The number of hydrogen-bond acceptors (Lipinski definition) is 3. The number of ether oxygens (including phenoxy) is 1. The van der Waals surface area contributed by atoms with Crippen molar-refractivity contribution in [2.75, 3.05) is 0 Å². The summed E-state index contributed by atoms with van der Waals surface area (Å²) < 4.78 is 5.98. The Morgan fingerprint density at radius 2 is 1.95 bits per heavy atom. The van der Waals surface area contributed by atoms with Crippen molar-refractivity contribution in [2.24, 2.45) is 0 Å². The van der Waals surface area contributed by atoms with Gasteiger partial charge in [0, 0.05) is 18.7 Å². The molecule has 2 saturated carbocycles. The Bertz CT molecular complexity index is 428. The third-order valence-corrected chi connectivity index (χ3v) is 4.21. The molecule has 0 aliphatic heterocycles. The molecule has 0 bridgehead atoms. The van der Waals surface area contributed by atoms with Crippen molar-refractivity contribution >= 4 is 11.6 Å². The summed E-state index contributed by atoms with van der Waals surface area (Å²) >= 11 is 6.18. The molecule has 2 aliphatic carbocycles. The SMILES string of the molecule is Clc1ccc(OC2CCCCC2)nc1CNC1CC1. The smallest absolute Gasteiger partial charge is 0.213 e. The first kappa shape index (κ1) is 13.2. The normalized spacial score (nSPS) is 20.5. The van der Waals surface area contributed by atoms with Crippen molar-refractivity contribution in [1.29, 1.82) is 0 Å². The number of hydrogen-bond donors (Lipinski definition) is 1. The van der Waals surface area contributed by atoms with E-state index >= 15 is 0 Å². The molecule has 1 heterocycles. The number of aromatic nitrogens is 1. The van der Waals surface area contributed by atoms with Gasteiger partial charge in [-0.15, -0.1) is 0 Å². The van der Waals surface area contributed by atoms with E-state index in [-0.39, 0.29) is 0 Å². The van der Waals surface area contributed by atoms with Crippen LogP contribution in [-0.4, -0.2) is 17.1 Å². The van der Waals surface area contributed by atoms with Crippen LogP contribution < -0.4 is 10.1 Å². The van der Waals surface area contributed by atoms with E-state index in [0.717, 1.165) is 36.0 Å². The second-order valence-corrected chi connectivity index (χ2v) is 6.02. The fourth-order valence-corrected chi connectivity index (χ4v) is 2.71. The lowest BCUT2D eigenvalue weighted by Gasteiger charge is -2.22. The van der Waals surface area contributed by atoms with Gasteiger partial charge in [-0.25, -0.2) is 4.98 Å². The van der Waals surface area contributed by atoms with Crippen molar-refractivity contribution < 1.29 is 4.74 Å². The van der Waals surface area contributed by atoms with E-state index in [1.165, 1.54) is 32.1 Å². The zero-order valence-electron chi connectivity index (χ0n) is 11.2. The van der Waals surface area contributed by atoms with Crippen molar-refractivity contribution in [2.45, 2.75) is 63.6 Å². The van der Waals surface area contributed by atoms with Gasteiger partial charge in [0.05, 0.1) is 10.7 Å². The van der Waals surface area contributed by atoms with Crippen molar-refractivity contribution in [1.82, 2.24) is 10.3 Å². The van der Waals surface area contributed by atoms with Crippen LogP contribution in [0.15, 0.2) is 12.1 Å². The fourth-order valence-electron chi connectivity index (χ4n) is 2.54. The maximum absolute atomic E-state index is 6.18. The van der Waals surface area contributed by atoms with Crippen LogP contribution in [0.2, 0.25) is 5.02 Å². The highest BCUT2D eigenvalue weighted by Crippen LogP contribution is 2.25. The fraction of sp³-hybridized carbons (Fsp3) is 0.667. The third kappa shape index (κ3) is 3.83. The van der Waals surface area contributed by atoms with Crippen LogP contribution in [0.5, 0.6) is 5.88 Å². The summed E-state index contributed by atoms with van der Waals surface area (Å²) in [6.45, 7) is 0.741. The first-order valence-corrected chi connectivity index (χ1v) is 7.74. The maximum Gasteiger partial charge on any atom is 0.213 e. The van der Waals surface area contributed by atoms with Gasteiger partial charge in [-0.05, 0) is 44.6 Å². The molecule has 3 rings (SSSR count). The minimum Gasteiger partial charge on any atom is -0.474 e. The lowest BCUT2D eigenvalue weighted by Crippen LogP contribution is -2.21. The molecular weight excluding hydrogens is 260 g/mol. The molecular formula is C15H21ClN2O. The van der Waals surface area contributed by atoms with E-state index in [4.69, 9.17) is 16.3 Å².